The lowest BCUT2D eigenvalue weighted by atomic mass is 10.1. The molecule has 4 aromatic heterocycles. The number of carboxylic acid groups (broad SMARTS) is 2. The Morgan fingerprint density at radius 3 is 1.43 bits per heavy atom. The maximum absolute atomic E-state index is 15.3. The van der Waals surface area contributed by atoms with Crippen LogP contribution in [0, 0.1) is 11.6 Å². The molecule has 2 unspecified atom stereocenters. The number of aromatic carboxylic acids is 2. The summed E-state index contributed by atoms with van der Waals surface area (Å²) in [7, 11) is 0. The summed E-state index contributed by atoms with van der Waals surface area (Å²) >= 11 is 0. The van der Waals surface area contributed by atoms with E-state index in [9.17, 15) is 29.4 Å². The summed E-state index contributed by atoms with van der Waals surface area (Å²) in [5, 5.41) is 25.3. The number of rotatable bonds is 8. The number of anilines is 4. The third kappa shape index (κ3) is 7.74. The van der Waals surface area contributed by atoms with Crippen molar-refractivity contribution < 1.29 is 38.1 Å². The van der Waals surface area contributed by atoms with Crippen molar-refractivity contribution in [3.8, 4) is 11.5 Å². The van der Waals surface area contributed by atoms with Crippen molar-refractivity contribution in [3.63, 3.8) is 0 Å². The summed E-state index contributed by atoms with van der Waals surface area (Å²) in [5.74, 6) is -2.32. The van der Waals surface area contributed by atoms with Gasteiger partial charge in [-0.15, -0.1) is 12.4 Å². The van der Waals surface area contributed by atoms with Gasteiger partial charge >= 0.3 is 11.9 Å². The van der Waals surface area contributed by atoms with E-state index in [1.165, 1.54) is 12.4 Å². The zero-order chi connectivity index (χ0) is 43.4. The summed E-state index contributed by atoms with van der Waals surface area (Å²) in [6.45, 7) is 6.37. The largest absolute Gasteiger partial charge is 0.487 e. The average molecular weight is 887 g/mol. The van der Waals surface area contributed by atoms with Crippen LogP contribution in [0.3, 0.4) is 0 Å². The fourth-order valence-electron chi connectivity index (χ4n) is 8.59. The molecule has 4 aliphatic rings. The second-order valence-electron chi connectivity index (χ2n) is 15.6. The summed E-state index contributed by atoms with van der Waals surface area (Å²) in [6, 6.07) is 5.35. The molecule has 0 amide bonds. The lowest BCUT2D eigenvalue weighted by Crippen LogP contribution is -2.30. The first kappa shape index (κ1) is 42.6. The van der Waals surface area contributed by atoms with E-state index >= 15 is 8.78 Å². The van der Waals surface area contributed by atoms with Crippen LogP contribution in [-0.2, 0) is 0 Å². The summed E-state index contributed by atoms with van der Waals surface area (Å²) in [5.41, 5.74) is -0.778. The molecule has 2 fully saturated rings. The van der Waals surface area contributed by atoms with Crippen LogP contribution < -0.4 is 40.8 Å². The number of halogens is 3. The van der Waals surface area contributed by atoms with E-state index in [0.29, 0.717) is 49.1 Å². The molecule has 4 atom stereocenters. The molecule has 2 aromatic carbocycles. The van der Waals surface area contributed by atoms with Crippen LogP contribution in [0.4, 0.5) is 32.1 Å². The van der Waals surface area contributed by atoms with Gasteiger partial charge in [-0.05, 0) is 51.0 Å². The fourth-order valence-corrected chi connectivity index (χ4v) is 8.59. The van der Waals surface area contributed by atoms with E-state index in [-0.39, 0.29) is 94.6 Å². The minimum Gasteiger partial charge on any atom is -0.487 e. The number of pyridine rings is 2. The number of hydrogen-bond donors (Lipinski definition) is 4. The summed E-state index contributed by atoms with van der Waals surface area (Å²) < 4.78 is 45.8. The maximum Gasteiger partial charge on any atom is 0.341 e. The van der Waals surface area contributed by atoms with Gasteiger partial charge in [0.2, 0.25) is 22.8 Å². The summed E-state index contributed by atoms with van der Waals surface area (Å²) in [4.78, 5) is 68.9. The third-order valence-electron chi connectivity index (χ3n) is 11.6. The summed E-state index contributed by atoms with van der Waals surface area (Å²) in [6.07, 6.45) is 10.7. The number of benzene rings is 2. The molecule has 2 saturated heterocycles. The van der Waals surface area contributed by atoms with Crippen LogP contribution in [0.1, 0.15) is 59.5 Å². The number of nitrogens with one attached hydrogen (secondary N) is 2. The molecule has 0 radical (unpaired) electrons. The highest BCUT2D eigenvalue weighted by atomic mass is 35.5. The Bertz CT molecular complexity index is 2690. The highest BCUT2D eigenvalue weighted by Crippen LogP contribution is 2.44. The van der Waals surface area contributed by atoms with Crippen LogP contribution in [0.25, 0.3) is 21.8 Å². The van der Waals surface area contributed by atoms with Crippen molar-refractivity contribution in [1.82, 2.24) is 29.1 Å². The first-order valence-electron chi connectivity index (χ1n) is 20.0. The molecular weight excluding hydrogens is 846 g/mol. The lowest BCUT2D eigenvalue weighted by molar-refractivity contribution is 0.0683. The number of aromatic nitrogens is 6. The number of ether oxygens (including phenoxy) is 2. The lowest BCUT2D eigenvalue weighted by Gasteiger charge is -2.31. The molecule has 0 aliphatic carbocycles. The quantitative estimate of drug-likeness (QED) is 0.159. The first-order valence-corrected chi connectivity index (χ1v) is 20.0. The maximum atomic E-state index is 15.3. The SMILES string of the molecule is C[C@H]1COc2c(N3CCC(Nc4ncccn4)C3)c(F)cc3c(=O)c(C(=O)O)cn1c23.C[C@H]1COc2c(N3CCC(Nc4ncccn4)C3)c(F)cc3c(=O)c(C(=O)O)cn1c23.Cl. The van der Waals surface area contributed by atoms with Crippen LogP contribution >= 0.6 is 12.4 Å². The second kappa shape index (κ2) is 17.0. The van der Waals surface area contributed by atoms with E-state index in [2.05, 4.69) is 30.6 Å². The molecule has 21 heteroatoms. The van der Waals surface area contributed by atoms with Crippen molar-refractivity contribution in [2.75, 3.05) is 59.8 Å². The number of carbonyl (C=O) groups is 2. The highest BCUT2D eigenvalue weighted by molar-refractivity contribution is 5.98. The van der Waals surface area contributed by atoms with Crippen LogP contribution in [0.15, 0.2) is 71.0 Å². The van der Waals surface area contributed by atoms with E-state index in [1.807, 2.05) is 23.6 Å². The smallest absolute Gasteiger partial charge is 0.341 e. The Labute approximate surface area is 362 Å². The number of carboxylic acids is 2. The van der Waals surface area contributed by atoms with Gasteiger partial charge in [0, 0.05) is 75.4 Å². The zero-order valence-electron chi connectivity index (χ0n) is 33.8. The third-order valence-corrected chi connectivity index (χ3v) is 11.6. The molecule has 6 aromatic rings. The van der Waals surface area contributed by atoms with Gasteiger partial charge in [0.05, 0.1) is 33.9 Å². The van der Waals surface area contributed by atoms with Crippen molar-refractivity contribution in [2.45, 2.75) is 50.9 Å². The normalized spacial score (nSPS) is 19.7. The van der Waals surface area contributed by atoms with E-state index in [4.69, 9.17) is 9.47 Å². The van der Waals surface area contributed by atoms with Crippen LogP contribution in [0.5, 0.6) is 11.5 Å². The van der Waals surface area contributed by atoms with E-state index in [1.54, 1.807) is 46.1 Å². The molecule has 4 N–H and O–H groups in total. The van der Waals surface area contributed by atoms with Gasteiger partial charge in [0.25, 0.3) is 0 Å². The molecule has 8 heterocycles. The molecular formula is C42H41ClF2N10O8. The molecule has 0 bridgehead atoms. The molecule has 10 rings (SSSR count). The number of nitrogens with zero attached hydrogens (tertiary/aromatic N) is 8. The van der Waals surface area contributed by atoms with Gasteiger partial charge in [-0.25, -0.2) is 38.3 Å². The van der Waals surface area contributed by atoms with E-state index in [0.717, 1.165) is 25.0 Å². The van der Waals surface area contributed by atoms with Crippen LogP contribution in [-0.4, -0.2) is 103 Å². The molecule has 0 saturated carbocycles. The zero-order valence-corrected chi connectivity index (χ0v) is 34.6. The van der Waals surface area contributed by atoms with Gasteiger partial charge in [-0.1, -0.05) is 0 Å². The highest BCUT2D eigenvalue weighted by Gasteiger charge is 2.35. The van der Waals surface area contributed by atoms with E-state index < -0.39 is 34.4 Å². The van der Waals surface area contributed by atoms with Gasteiger partial charge in [-0.3, -0.25) is 9.59 Å². The Kier molecular flexibility index (Phi) is 11.5. The van der Waals surface area contributed by atoms with Crippen LogP contribution in [0.2, 0.25) is 0 Å². The van der Waals surface area contributed by atoms with Crippen molar-refractivity contribution in [3.05, 3.63) is 105 Å². The number of hydrogen-bond acceptors (Lipinski definition) is 14. The standard InChI is InChI=1S/2C21H20FN5O4.ClH/c2*1-11-10-31-19-16-13(18(28)14(20(29)30)9-27(11)16)7-15(22)17(19)26-6-3-12(8-26)25-21-23-4-2-5-24-21;/h2*2,4-5,7,9,11-12H,3,6,8,10H2,1H3,(H,29,30)(H,23,24,25);1H/t2*11-,12?;/m00./s1. The molecule has 0 spiro atoms. The van der Waals surface area contributed by atoms with Gasteiger partial charge in [-0.2, -0.15) is 0 Å². The van der Waals surface area contributed by atoms with Gasteiger partial charge in [0.15, 0.2) is 23.1 Å². The Morgan fingerprint density at radius 1 is 0.683 bits per heavy atom. The predicted molar refractivity (Wildman–Crippen MR) is 230 cm³/mol. The Morgan fingerprint density at radius 2 is 1.06 bits per heavy atom. The predicted octanol–water partition coefficient (Wildman–Crippen LogP) is 4.97. The first-order chi connectivity index (χ1) is 29.9. The second-order valence-corrected chi connectivity index (χ2v) is 15.6. The minimum absolute atomic E-state index is 0. The Hall–Kier alpha value is -7.09. The van der Waals surface area contributed by atoms with Crippen molar-refractivity contribution in [2.24, 2.45) is 0 Å². The van der Waals surface area contributed by atoms with Crippen molar-refractivity contribution in [1.29, 1.82) is 0 Å². The molecule has 63 heavy (non-hydrogen) atoms. The van der Waals surface area contributed by atoms with Gasteiger partial charge in [0.1, 0.15) is 35.7 Å². The van der Waals surface area contributed by atoms with Crippen molar-refractivity contribution >= 4 is 69.4 Å². The average Bonchev–Trinajstić information content (AvgIpc) is 3.92. The minimum atomic E-state index is -1.34. The Balaban J connectivity index is 0.000000170. The monoisotopic (exact) mass is 886 g/mol. The molecule has 328 valence electrons. The molecule has 18 nitrogen and oxygen atoms in total. The van der Waals surface area contributed by atoms with Gasteiger partial charge < -0.3 is 49.3 Å². The topological polar surface area (TPSA) is 219 Å². The molecule has 4 aliphatic heterocycles. The fraction of sp³-hybridized carbons (Fsp3) is 0.333.